The van der Waals surface area contributed by atoms with E-state index >= 15 is 0 Å². The van der Waals surface area contributed by atoms with Gasteiger partial charge in [-0.1, -0.05) is 370 Å². The molecule has 13 heteroatoms. The summed E-state index contributed by atoms with van der Waals surface area (Å²) in [5.41, 5.74) is 14.6. The van der Waals surface area contributed by atoms with Crippen LogP contribution in [-0.4, -0.2) is 22.1 Å². The van der Waals surface area contributed by atoms with Gasteiger partial charge in [-0.25, -0.2) is 4.39 Å². The van der Waals surface area contributed by atoms with Gasteiger partial charge in [0.15, 0.2) is 0 Å². The van der Waals surface area contributed by atoms with Crippen LogP contribution in [0.25, 0.3) is 0 Å². The van der Waals surface area contributed by atoms with Crippen LogP contribution in [0.5, 0.6) is 23.0 Å². The fourth-order valence-electron chi connectivity index (χ4n) is 10.1. The molecule has 0 saturated heterocycles. The molecule has 0 unspecified atom stereocenters. The molecule has 11 rings (SSSR count). The normalized spacial score (nSPS) is 11.4. The molecule has 3 aromatic heterocycles. The third-order valence-electron chi connectivity index (χ3n) is 17.8. The molecular formula is C103H128BrCl5FN3O3. The van der Waals surface area contributed by atoms with E-state index in [0.717, 1.165) is 43.6 Å². The van der Waals surface area contributed by atoms with E-state index in [-0.39, 0.29) is 54.2 Å². The van der Waals surface area contributed by atoms with Crippen molar-refractivity contribution >= 4 is 73.9 Å². The predicted octanol–water partition coefficient (Wildman–Crippen LogP) is 32.6. The number of rotatable bonds is 6. The highest BCUT2D eigenvalue weighted by molar-refractivity contribution is 9.10. The second-order valence-corrected chi connectivity index (χ2v) is 40.3. The molecule has 8 aromatic carbocycles. The molecule has 0 saturated carbocycles. The van der Waals surface area contributed by atoms with E-state index in [1.165, 1.54) is 50.6 Å². The van der Waals surface area contributed by atoms with Gasteiger partial charge in [-0.3, -0.25) is 15.0 Å². The molecule has 0 aliphatic rings. The lowest BCUT2D eigenvalue weighted by molar-refractivity contribution is 0.301. The van der Waals surface area contributed by atoms with Gasteiger partial charge in [0.25, 0.3) is 0 Å². The molecule has 6 nitrogen and oxygen atoms in total. The van der Waals surface area contributed by atoms with Crippen molar-refractivity contribution in [3.8, 4) is 35.3 Å². The predicted molar refractivity (Wildman–Crippen MR) is 504 cm³/mol. The first-order valence-corrected chi connectivity index (χ1v) is 41.8. The Balaban J connectivity index is 0.000000340. The zero-order valence-electron chi connectivity index (χ0n) is 74.2. The van der Waals surface area contributed by atoms with Crippen molar-refractivity contribution in [1.82, 2.24) is 15.0 Å². The summed E-state index contributed by atoms with van der Waals surface area (Å²) in [6.45, 7) is 59.0. The molecule has 0 aliphatic carbocycles. The first-order valence-electron chi connectivity index (χ1n) is 39.1. The molecule has 11 aromatic rings. The quantitative estimate of drug-likeness (QED) is 0.155. The van der Waals surface area contributed by atoms with E-state index in [4.69, 9.17) is 78.6 Å². The van der Waals surface area contributed by atoms with Crippen molar-refractivity contribution in [3.05, 3.63) is 346 Å². The lowest BCUT2D eigenvalue weighted by Crippen LogP contribution is -2.11. The van der Waals surface area contributed by atoms with E-state index in [0.29, 0.717) is 32.8 Å². The fraction of sp³-hybridized carbons (Fsp3) is 0.369. The van der Waals surface area contributed by atoms with Crippen LogP contribution in [0.2, 0.25) is 25.1 Å². The van der Waals surface area contributed by atoms with Crippen LogP contribution in [0.3, 0.4) is 0 Å². The Bertz CT molecular complexity index is 4620. The molecule has 3 heterocycles. The highest BCUT2D eigenvalue weighted by Gasteiger charge is 2.21. The zero-order valence-corrected chi connectivity index (χ0v) is 79.5. The number of terminal acetylenes is 1. The van der Waals surface area contributed by atoms with Gasteiger partial charge in [-0.2, -0.15) is 0 Å². The van der Waals surface area contributed by atoms with Gasteiger partial charge in [0.2, 0.25) is 0 Å². The largest absolute Gasteiger partial charge is 0.495 e. The summed E-state index contributed by atoms with van der Waals surface area (Å²) in [4.78, 5) is 12.2. The summed E-state index contributed by atoms with van der Waals surface area (Å²) in [6.07, 6.45) is 14.0. The van der Waals surface area contributed by atoms with Gasteiger partial charge in [0, 0.05) is 46.0 Å². The fourth-order valence-corrected chi connectivity index (χ4v) is 11.6. The highest BCUT2D eigenvalue weighted by Crippen LogP contribution is 2.35. The Hall–Kier alpha value is -7.97. The Morgan fingerprint density at radius 3 is 1.12 bits per heavy atom. The van der Waals surface area contributed by atoms with Crippen LogP contribution in [0.4, 0.5) is 4.39 Å². The number of methoxy groups -OCH3 is 1. The minimum atomic E-state index is -0.357. The summed E-state index contributed by atoms with van der Waals surface area (Å²) in [6, 6.07) is 71.5. The molecule has 0 aliphatic heterocycles. The van der Waals surface area contributed by atoms with Crippen LogP contribution in [0.15, 0.2) is 254 Å². The summed E-state index contributed by atoms with van der Waals surface area (Å²) in [5.74, 6) is 5.37. The molecule has 0 radical (unpaired) electrons. The lowest BCUT2D eigenvalue weighted by Gasteiger charge is -2.20. The third-order valence-corrected chi connectivity index (χ3v) is 19.6. The average Bonchev–Trinajstić information content (AvgIpc) is 0.756. The van der Waals surface area contributed by atoms with Gasteiger partial charge >= 0.3 is 0 Å². The molecule has 0 fully saturated rings. The Morgan fingerprint density at radius 2 is 0.733 bits per heavy atom. The van der Waals surface area contributed by atoms with Crippen LogP contribution < -0.4 is 14.2 Å². The molecule has 0 N–H and O–H groups in total. The molecular weight excluding hydrogens is 1600 g/mol. The SMILES string of the molecule is C#Cc1cccc(C(C)(C)C)c1.CC(C)(C)c1ccc(F)c(Cl)c1.CC(C)(C)c1ccc(OCc2ccccn2)c(Cl)c1.CC(C)(C)c1ccc(Oc2ccncc2)cc1.CC(C)(C)c1cccc(Br)c1.CC(C)(C)c1cccc(Cl)c1.CC(C)(C)c1ccccc1.CC(C)(C)c1cncc(Cl)c1.COc1ccc(C(C)(C)C)cc1Cl. The molecule has 0 amide bonds. The maximum atomic E-state index is 12.8. The van der Waals surface area contributed by atoms with Crippen molar-refractivity contribution < 1.29 is 18.6 Å². The summed E-state index contributed by atoms with van der Waals surface area (Å²) >= 11 is 33.0. The molecule has 0 bridgehead atoms. The minimum absolute atomic E-state index is 0.0251. The van der Waals surface area contributed by atoms with E-state index in [9.17, 15) is 4.39 Å². The molecule has 0 spiro atoms. The van der Waals surface area contributed by atoms with Crippen molar-refractivity contribution in [1.29, 1.82) is 0 Å². The number of hydrogen-bond donors (Lipinski definition) is 0. The third kappa shape index (κ3) is 39.5. The Kier molecular flexibility index (Phi) is 40.9. The highest BCUT2D eigenvalue weighted by atomic mass is 79.9. The summed E-state index contributed by atoms with van der Waals surface area (Å²) < 4.78 is 30.4. The van der Waals surface area contributed by atoms with Crippen LogP contribution in [-0.2, 0) is 55.3 Å². The number of nitrogens with zero attached hydrogens (tertiary/aromatic N) is 3. The number of ether oxygens (including phenoxy) is 3. The van der Waals surface area contributed by atoms with Gasteiger partial charge in [0.05, 0.1) is 32.9 Å². The topological polar surface area (TPSA) is 66.4 Å². The summed E-state index contributed by atoms with van der Waals surface area (Å²) in [7, 11) is 1.62. The number of aromatic nitrogens is 3. The van der Waals surface area contributed by atoms with Gasteiger partial charge in [-0.05, 0) is 214 Å². The smallest absolute Gasteiger partial charge is 0.141 e. The number of pyridine rings is 3. The number of hydrogen-bond acceptors (Lipinski definition) is 6. The van der Waals surface area contributed by atoms with Gasteiger partial charge in [-0.15, -0.1) is 6.42 Å². The van der Waals surface area contributed by atoms with Crippen molar-refractivity contribution in [2.45, 2.75) is 242 Å². The van der Waals surface area contributed by atoms with E-state index in [2.05, 4.69) is 315 Å². The first kappa shape index (κ1) is 102. The molecule has 0 atom stereocenters. The maximum Gasteiger partial charge on any atom is 0.141 e. The van der Waals surface area contributed by atoms with Crippen molar-refractivity contribution in [2.24, 2.45) is 0 Å². The number of benzene rings is 8. The number of halogens is 7. The standard InChI is InChI=1S/C16H18ClNO.C15H17NO.C12H14.C11H15ClO.C10H13Br.C10H12ClF.C10H13Cl.C10H14.C9H12ClN/c1-16(2,3)12-7-8-15(14(17)10-12)19-11-13-6-4-5-9-18-13;1-15(2,3)12-4-6-13(7-5-12)17-14-8-10-16-11-9-14;1-5-10-7-6-8-11(9-10)12(2,3)4;1-11(2,3)8-5-6-10(13-4)9(12)7-8;1-10(2,3)8-5-4-6-9(11)7-8;1-10(2,3)7-4-5-9(12)8(11)6-7;1-10(2,3)8-5-4-6-9(11)7-8;1-10(2,3)9-7-5-4-6-8-9;1-9(2,3)7-4-8(10)6-11-5-7/h4-10H,11H2,1-3H3;4-11H,1-3H3;1,6-9H,2-4H3;5-7H,1-4H3;4-7H,1-3H3;4-6H,1-3H3;4-7H,1-3H3;4-8H,1-3H3;4-6H,1-3H3. The lowest BCUT2D eigenvalue weighted by atomic mass is 9.86. The Morgan fingerprint density at radius 1 is 0.345 bits per heavy atom. The van der Waals surface area contributed by atoms with Crippen LogP contribution in [0, 0.1) is 18.2 Å². The van der Waals surface area contributed by atoms with Crippen molar-refractivity contribution in [2.75, 3.05) is 7.11 Å². The minimum Gasteiger partial charge on any atom is -0.495 e. The second-order valence-electron chi connectivity index (χ2n) is 37.3. The first-order chi connectivity index (χ1) is 53.5. The monoisotopic (exact) mass is 1730 g/mol. The zero-order chi connectivity index (χ0) is 87.8. The molecule has 116 heavy (non-hydrogen) atoms. The summed E-state index contributed by atoms with van der Waals surface area (Å²) in [5, 5.41) is 3.04. The van der Waals surface area contributed by atoms with Gasteiger partial charge < -0.3 is 14.2 Å². The maximum absolute atomic E-state index is 12.8. The van der Waals surface area contributed by atoms with Gasteiger partial charge in [0.1, 0.15) is 35.4 Å². The molecule has 622 valence electrons. The van der Waals surface area contributed by atoms with Crippen molar-refractivity contribution in [3.63, 3.8) is 0 Å². The van der Waals surface area contributed by atoms with Crippen LogP contribution >= 0.6 is 73.9 Å². The van der Waals surface area contributed by atoms with Crippen LogP contribution in [0.1, 0.15) is 248 Å². The Labute approximate surface area is 732 Å². The van der Waals surface area contributed by atoms with E-state index in [1.54, 1.807) is 44.0 Å². The van der Waals surface area contributed by atoms with E-state index in [1.807, 2.05) is 115 Å². The average molecular weight is 1730 g/mol. The van der Waals surface area contributed by atoms with E-state index < -0.39 is 0 Å². The second kappa shape index (κ2) is 46.4.